The van der Waals surface area contributed by atoms with Gasteiger partial charge in [0.2, 0.25) is 5.91 Å². The van der Waals surface area contributed by atoms with E-state index in [0.717, 1.165) is 12.2 Å². The van der Waals surface area contributed by atoms with Gasteiger partial charge in [0, 0.05) is 5.92 Å². The first-order valence-corrected chi connectivity index (χ1v) is 6.48. The molecule has 4 atom stereocenters. The fraction of sp³-hybridized carbons (Fsp3) is 0.533. The van der Waals surface area contributed by atoms with Crippen molar-refractivity contribution >= 4 is 5.91 Å². The van der Waals surface area contributed by atoms with E-state index in [9.17, 15) is 4.79 Å². The average molecular weight is 247 g/mol. The van der Waals surface area contributed by atoms with Gasteiger partial charge in [-0.25, -0.2) is 0 Å². The molecule has 18 heavy (non-hydrogen) atoms. The molecule has 0 aromatic heterocycles. The van der Waals surface area contributed by atoms with Gasteiger partial charge in [0.05, 0.1) is 7.11 Å². The number of primary amides is 1. The average Bonchev–Trinajstić information content (AvgIpc) is 3.17. The van der Waals surface area contributed by atoms with Crippen LogP contribution in [-0.4, -0.2) is 13.0 Å². The number of methoxy groups -OCH3 is 1. The number of hydrogen-bond acceptors (Lipinski definition) is 2. The second-order valence-electron chi connectivity index (χ2n) is 5.33. The second kappa shape index (κ2) is 5.01. The summed E-state index contributed by atoms with van der Waals surface area (Å²) in [5.41, 5.74) is 6.68. The molecular formula is C15H21NO2. The summed E-state index contributed by atoms with van der Waals surface area (Å²) < 4.78 is 5.24. The predicted octanol–water partition coefficient (Wildman–Crippen LogP) is 2.56. The molecule has 98 valence electrons. The Kier molecular flexibility index (Phi) is 3.60. The van der Waals surface area contributed by atoms with E-state index >= 15 is 0 Å². The Morgan fingerprint density at radius 3 is 2.78 bits per heavy atom. The Morgan fingerprint density at radius 2 is 2.17 bits per heavy atom. The lowest BCUT2D eigenvalue weighted by atomic mass is 9.89. The molecule has 1 aliphatic rings. The molecule has 1 fully saturated rings. The van der Waals surface area contributed by atoms with Crippen LogP contribution in [0.5, 0.6) is 5.75 Å². The molecule has 0 radical (unpaired) electrons. The van der Waals surface area contributed by atoms with Gasteiger partial charge in [-0.1, -0.05) is 26.0 Å². The van der Waals surface area contributed by atoms with Crippen LogP contribution in [0.1, 0.15) is 31.7 Å². The van der Waals surface area contributed by atoms with Crippen LogP contribution in [0.2, 0.25) is 0 Å². The third kappa shape index (κ3) is 2.50. The summed E-state index contributed by atoms with van der Waals surface area (Å²) in [4.78, 5) is 11.2. The van der Waals surface area contributed by atoms with E-state index in [1.54, 1.807) is 7.11 Å². The summed E-state index contributed by atoms with van der Waals surface area (Å²) in [6.07, 6.45) is 1.14. The highest BCUT2D eigenvalue weighted by molar-refractivity contribution is 5.76. The first-order valence-electron chi connectivity index (χ1n) is 6.48. The molecule has 1 aliphatic carbocycles. The lowest BCUT2D eigenvalue weighted by Crippen LogP contribution is -2.27. The largest absolute Gasteiger partial charge is 0.497 e. The van der Waals surface area contributed by atoms with Crippen molar-refractivity contribution in [2.75, 3.05) is 7.11 Å². The van der Waals surface area contributed by atoms with E-state index in [1.807, 2.05) is 19.1 Å². The maximum Gasteiger partial charge on any atom is 0.220 e. The summed E-state index contributed by atoms with van der Waals surface area (Å²) in [5, 5.41) is 0. The Hall–Kier alpha value is -1.51. The van der Waals surface area contributed by atoms with Crippen LogP contribution in [0.3, 0.4) is 0 Å². The van der Waals surface area contributed by atoms with E-state index in [0.29, 0.717) is 17.8 Å². The molecule has 1 aromatic carbocycles. The van der Waals surface area contributed by atoms with Crippen molar-refractivity contribution in [3.8, 4) is 5.75 Å². The molecule has 1 amide bonds. The van der Waals surface area contributed by atoms with Gasteiger partial charge < -0.3 is 10.5 Å². The number of carbonyl (C=O) groups excluding carboxylic acids is 1. The zero-order valence-electron chi connectivity index (χ0n) is 11.2. The molecule has 3 heteroatoms. The van der Waals surface area contributed by atoms with E-state index in [-0.39, 0.29) is 11.8 Å². The molecular weight excluding hydrogens is 226 g/mol. The number of ether oxygens (including phenoxy) is 1. The fourth-order valence-electron chi connectivity index (χ4n) is 2.68. The third-order valence-corrected chi connectivity index (χ3v) is 4.27. The fourth-order valence-corrected chi connectivity index (χ4v) is 2.68. The van der Waals surface area contributed by atoms with Gasteiger partial charge in [-0.15, -0.1) is 0 Å². The Labute approximate surface area is 108 Å². The number of rotatable bonds is 5. The summed E-state index contributed by atoms with van der Waals surface area (Å²) >= 11 is 0. The highest BCUT2D eigenvalue weighted by Gasteiger charge is 2.44. The molecule has 3 nitrogen and oxygen atoms in total. The summed E-state index contributed by atoms with van der Waals surface area (Å²) in [5.74, 6) is 2.12. The van der Waals surface area contributed by atoms with Crippen LogP contribution in [0.15, 0.2) is 24.3 Å². The maximum atomic E-state index is 11.2. The molecule has 2 rings (SSSR count). The number of amides is 1. The number of carbonyl (C=O) groups is 1. The quantitative estimate of drug-likeness (QED) is 0.869. The minimum absolute atomic E-state index is 0.0504. The van der Waals surface area contributed by atoms with E-state index in [4.69, 9.17) is 10.5 Å². The standard InChI is InChI=1S/C15H21NO2/c1-9(10(2)15(16)17)13-8-14(13)11-5-4-6-12(7-11)18-3/h4-7,9-10,13-14H,8H2,1-3H3,(H2,16,17). The molecule has 4 unspecified atom stereocenters. The highest BCUT2D eigenvalue weighted by atomic mass is 16.5. The molecule has 1 saturated carbocycles. The van der Waals surface area contributed by atoms with Crippen molar-refractivity contribution < 1.29 is 9.53 Å². The summed E-state index contributed by atoms with van der Waals surface area (Å²) in [6, 6.07) is 8.20. The minimum atomic E-state index is -0.196. The van der Waals surface area contributed by atoms with Crippen LogP contribution in [-0.2, 0) is 4.79 Å². The first-order chi connectivity index (χ1) is 8.54. The number of benzene rings is 1. The van der Waals surface area contributed by atoms with E-state index in [2.05, 4.69) is 19.1 Å². The van der Waals surface area contributed by atoms with Gasteiger partial charge in [-0.3, -0.25) is 4.79 Å². The van der Waals surface area contributed by atoms with Gasteiger partial charge in [-0.2, -0.15) is 0 Å². The molecule has 0 heterocycles. The molecule has 0 spiro atoms. The Morgan fingerprint density at radius 1 is 1.44 bits per heavy atom. The van der Waals surface area contributed by atoms with Crippen molar-refractivity contribution in [1.82, 2.24) is 0 Å². The Balaban J connectivity index is 2.04. The van der Waals surface area contributed by atoms with E-state index in [1.165, 1.54) is 5.56 Å². The zero-order chi connectivity index (χ0) is 13.3. The molecule has 0 aliphatic heterocycles. The zero-order valence-corrected chi connectivity index (χ0v) is 11.2. The van der Waals surface area contributed by atoms with Crippen LogP contribution >= 0.6 is 0 Å². The summed E-state index contributed by atoms with van der Waals surface area (Å²) in [7, 11) is 1.68. The van der Waals surface area contributed by atoms with Crippen molar-refractivity contribution in [1.29, 1.82) is 0 Å². The second-order valence-corrected chi connectivity index (χ2v) is 5.33. The third-order valence-electron chi connectivity index (χ3n) is 4.27. The maximum absolute atomic E-state index is 11.2. The van der Waals surface area contributed by atoms with E-state index < -0.39 is 0 Å². The Bertz CT molecular complexity index is 444. The van der Waals surface area contributed by atoms with Crippen LogP contribution in [0, 0.1) is 17.8 Å². The minimum Gasteiger partial charge on any atom is -0.497 e. The van der Waals surface area contributed by atoms with Gasteiger partial charge >= 0.3 is 0 Å². The van der Waals surface area contributed by atoms with Crippen molar-refractivity contribution in [2.24, 2.45) is 23.5 Å². The van der Waals surface area contributed by atoms with Crippen LogP contribution in [0.25, 0.3) is 0 Å². The van der Waals surface area contributed by atoms with Gasteiger partial charge in [0.25, 0.3) is 0 Å². The normalized spacial score (nSPS) is 25.3. The van der Waals surface area contributed by atoms with Gasteiger partial charge in [-0.05, 0) is 41.9 Å². The number of hydrogen-bond donors (Lipinski definition) is 1. The van der Waals surface area contributed by atoms with Gasteiger partial charge in [0.15, 0.2) is 0 Å². The molecule has 0 saturated heterocycles. The SMILES string of the molecule is COc1cccc(C2CC2C(C)C(C)C(N)=O)c1. The topological polar surface area (TPSA) is 52.3 Å². The van der Waals surface area contributed by atoms with Crippen LogP contribution < -0.4 is 10.5 Å². The number of nitrogens with two attached hydrogens (primary N) is 1. The smallest absolute Gasteiger partial charge is 0.220 e. The predicted molar refractivity (Wildman–Crippen MR) is 71.4 cm³/mol. The molecule has 2 N–H and O–H groups in total. The summed E-state index contributed by atoms with van der Waals surface area (Å²) in [6.45, 7) is 4.05. The highest BCUT2D eigenvalue weighted by Crippen LogP contribution is 2.53. The lowest BCUT2D eigenvalue weighted by Gasteiger charge is -2.16. The monoisotopic (exact) mass is 247 g/mol. The van der Waals surface area contributed by atoms with Gasteiger partial charge in [0.1, 0.15) is 5.75 Å². The van der Waals surface area contributed by atoms with Crippen molar-refractivity contribution in [3.63, 3.8) is 0 Å². The van der Waals surface area contributed by atoms with Crippen molar-refractivity contribution in [3.05, 3.63) is 29.8 Å². The molecule has 0 bridgehead atoms. The molecule has 1 aromatic rings. The van der Waals surface area contributed by atoms with Crippen LogP contribution in [0.4, 0.5) is 0 Å². The first kappa shape index (κ1) is 12.9. The van der Waals surface area contributed by atoms with Crippen molar-refractivity contribution in [2.45, 2.75) is 26.2 Å². The lowest BCUT2D eigenvalue weighted by molar-refractivity contribution is -0.122.